The first kappa shape index (κ1) is 14.5. The van der Waals surface area contributed by atoms with Gasteiger partial charge in [-0.25, -0.2) is 4.79 Å². The van der Waals surface area contributed by atoms with E-state index in [1.807, 2.05) is 4.90 Å². The van der Waals surface area contributed by atoms with Crippen LogP contribution in [0.5, 0.6) is 0 Å². The number of carboxylic acids is 1. The normalized spacial score (nSPS) is 13.8. The molecule has 0 aliphatic carbocycles. The smallest absolute Gasteiger partial charge is 0.335 e. The molecule has 0 radical (unpaired) electrons. The largest absolute Gasteiger partial charge is 0.478 e. The number of carboxylic acid groups (broad SMARTS) is 1. The molecular weight excluding hydrogens is 296 g/mol. The fourth-order valence-electron chi connectivity index (χ4n) is 1.73. The molecule has 1 aliphatic rings. The molecule has 1 fully saturated rings. The monoisotopic (exact) mass is 310 g/mol. The number of nitrogens with one attached hydrogen (secondary N) is 3. The second kappa shape index (κ2) is 6.49. The van der Waals surface area contributed by atoms with Crippen molar-refractivity contribution in [1.29, 1.82) is 0 Å². The van der Waals surface area contributed by atoms with Crippen molar-refractivity contribution in [2.75, 3.05) is 25.1 Å². The van der Waals surface area contributed by atoms with Crippen molar-refractivity contribution in [2.24, 2.45) is 0 Å². The van der Waals surface area contributed by atoms with Gasteiger partial charge in [-0.1, -0.05) is 6.07 Å². The van der Waals surface area contributed by atoms with E-state index in [1.165, 1.54) is 12.1 Å². The molecule has 1 aliphatic heterocycles. The molecule has 2 rings (SSSR count). The molecule has 1 aromatic carbocycles. The van der Waals surface area contributed by atoms with Crippen LogP contribution in [0.4, 0.5) is 5.69 Å². The highest BCUT2D eigenvalue weighted by atomic mass is 32.1. The Morgan fingerprint density at radius 2 is 2.30 bits per heavy atom. The van der Waals surface area contributed by atoms with Crippen molar-refractivity contribution in [2.45, 2.75) is 0 Å². The van der Waals surface area contributed by atoms with Crippen LogP contribution in [0.1, 0.15) is 10.4 Å². The lowest BCUT2D eigenvalue weighted by atomic mass is 10.2. The first-order valence-electron chi connectivity index (χ1n) is 5.97. The summed E-state index contributed by atoms with van der Waals surface area (Å²) >= 11 is 10.3. The summed E-state index contributed by atoms with van der Waals surface area (Å²) in [6.45, 7) is 2.18. The van der Waals surface area contributed by atoms with Crippen molar-refractivity contribution >= 4 is 46.3 Å². The van der Waals surface area contributed by atoms with Crippen LogP contribution < -0.4 is 16.0 Å². The van der Waals surface area contributed by atoms with Crippen molar-refractivity contribution in [1.82, 2.24) is 15.5 Å². The van der Waals surface area contributed by atoms with Gasteiger partial charge in [0.2, 0.25) is 0 Å². The van der Waals surface area contributed by atoms with Crippen molar-refractivity contribution in [3.05, 3.63) is 29.8 Å². The molecule has 1 heterocycles. The van der Waals surface area contributed by atoms with Gasteiger partial charge in [0.15, 0.2) is 10.2 Å². The minimum absolute atomic E-state index is 0.211. The molecule has 0 spiro atoms. The summed E-state index contributed by atoms with van der Waals surface area (Å²) in [6.07, 6.45) is 0. The number of aromatic carboxylic acids is 1. The van der Waals surface area contributed by atoms with E-state index in [0.717, 1.165) is 13.1 Å². The lowest BCUT2D eigenvalue weighted by Gasteiger charge is -2.18. The molecule has 106 valence electrons. The van der Waals surface area contributed by atoms with Gasteiger partial charge in [-0.05, 0) is 42.6 Å². The topological polar surface area (TPSA) is 76.6 Å². The summed E-state index contributed by atoms with van der Waals surface area (Å²) < 4.78 is 0. The third kappa shape index (κ3) is 3.78. The predicted octanol–water partition coefficient (Wildman–Crippen LogP) is 0.819. The fraction of sp³-hybridized carbons (Fsp3) is 0.250. The first-order valence-corrected chi connectivity index (χ1v) is 6.79. The number of rotatable bonds is 4. The fourth-order valence-corrected chi connectivity index (χ4v) is 2.17. The van der Waals surface area contributed by atoms with Crippen LogP contribution in [-0.4, -0.2) is 46.0 Å². The third-order valence-corrected chi connectivity index (χ3v) is 3.39. The lowest BCUT2D eigenvalue weighted by Crippen LogP contribution is -2.41. The van der Waals surface area contributed by atoms with Crippen LogP contribution in [0.3, 0.4) is 0 Å². The summed E-state index contributed by atoms with van der Waals surface area (Å²) in [6, 6.07) is 6.47. The summed E-state index contributed by atoms with van der Waals surface area (Å²) in [5.41, 5.74) is 0.840. The van der Waals surface area contributed by atoms with Gasteiger partial charge in [0.25, 0.3) is 0 Å². The Morgan fingerprint density at radius 3 is 2.95 bits per heavy atom. The number of hydrogen-bond acceptors (Lipinski definition) is 3. The van der Waals surface area contributed by atoms with E-state index in [2.05, 4.69) is 16.0 Å². The third-order valence-electron chi connectivity index (χ3n) is 2.74. The molecule has 0 amide bonds. The standard InChI is InChI=1S/C12H14N4O2S2/c17-10(18)8-2-1-3-9(6-8)15-11(19)14-7-16-5-4-13-12(16)20/h1-3,6H,4-5,7H2,(H,13,20)(H,17,18)(H2,14,15,19). The van der Waals surface area contributed by atoms with E-state index in [0.29, 0.717) is 22.6 Å². The number of benzene rings is 1. The van der Waals surface area contributed by atoms with E-state index in [9.17, 15) is 4.79 Å². The number of carbonyl (C=O) groups is 1. The van der Waals surface area contributed by atoms with E-state index >= 15 is 0 Å². The molecule has 1 aromatic rings. The average molecular weight is 310 g/mol. The minimum atomic E-state index is -0.971. The quantitative estimate of drug-likeness (QED) is 0.609. The zero-order chi connectivity index (χ0) is 14.5. The lowest BCUT2D eigenvalue weighted by molar-refractivity contribution is 0.0697. The average Bonchev–Trinajstić information content (AvgIpc) is 2.82. The Labute approximate surface area is 127 Å². The van der Waals surface area contributed by atoms with E-state index in [-0.39, 0.29) is 5.56 Å². The Balaban J connectivity index is 1.86. The number of nitrogens with zero attached hydrogens (tertiary/aromatic N) is 1. The van der Waals surface area contributed by atoms with Crippen LogP contribution in [0, 0.1) is 0 Å². The van der Waals surface area contributed by atoms with Gasteiger partial charge in [0.05, 0.1) is 12.2 Å². The molecule has 20 heavy (non-hydrogen) atoms. The molecule has 1 saturated heterocycles. The van der Waals surface area contributed by atoms with Crippen LogP contribution in [0.15, 0.2) is 24.3 Å². The van der Waals surface area contributed by atoms with Gasteiger partial charge < -0.3 is 26.0 Å². The van der Waals surface area contributed by atoms with Crippen LogP contribution >= 0.6 is 24.4 Å². The maximum atomic E-state index is 10.9. The second-order valence-electron chi connectivity index (χ2n) is 4.17. The molecule has 0 unspecified atom stereocenters. The van der Waals surface area contributed by atoms with Gasteiger partial charge in [-0.3, -0.25) is 0 Å². The van der Waals surface area contributed by atoms with Crippen LogP contribution in [0.2, 0.25) is 0 Å². The van der Waals surface area contributed by atoms with Crippen molar-refractivity contribution < 1.29 is 9.90 Å². The molecule has 6 nitrogen and oxygen atoms in total. The minimum Gasteiger partial charge on any atom is -0.478 e. The molecule has 8 heteroatoms. The SMILES string of the molecule is O=C(O)c1cccc(NC(=S)NCN2CCNC2=S)c1. The molecule has 0 bridgehead atoms. The second-order valence-corrected chi connectivity index (χ2v) is 4.97. The Bertz CT molecular complexity index is 550. The molecule has 0 saturated carbocycles. The van der Waals surface area contributed by atoms with Crippen LogP contribution in [0.25, 0.3) is 0 Å². The maximum absolute atomic E-state index is 10.9. The Kier molecular flexibility index (Phi) is 4.70. The predicted molar refractivity (Wildman–Crippen MR) is 84.9 cm³/mol. The highest BCUT2D eigenvalue weighted by Crippen LogP contribution is 2.10. The number of anilines is 1. The van der Waals surface area contributed by atoms with Gasteiger partial charge >= 0.3 is 5.97 Å². The van der Waals surface area contributed by atoms with E-state index < -0.39 is 5.97 Å². The summed E-state index contributed by atoms with van der Waals surface area (Å²) in [5.74, 6) is -0.971. The first-order chi connectivity index (χ1) is 9.56. The van der Waals surface area contributed by atoms with Crippen molar-refractivity contribution in [3.63, 3.8) is 0 Å². The van der Waals surface area contributed by atoms with Crippen molar-refractivity contribution in [3.8, 4) is 0 Å². The molecule has 4 N–H and O–H groups in total. The summed E-state index contributed by atoms with van der Waals surface area (Å²) in [4.78, 5) is 12.8. The molecule has 0 aromatic heterocycles. The number of hydrogen-bond donors (Lipinski definition) is 4. The van der Waals surface area contributed by atoms with Gasteiger partial charge in [-0.15, -0.1) is 0 Å². The zero-order valence-corrected chi connectivity index (χ0v) is 12.2. The van der Waals surface area contributed by atoms with Gasteiger partial charge in [0.1, 0.15) is 0 Å². The van der Waals surface area contributed by atoms with Gasteiger partial charge in [-0.2, -0.15) is 0 Å². The number of thiocarbonyl (C=S) groups is 2. The Hall–Kier alpha value is -1.93. The van der Waals surface area contributed by atoms with E-state index in [1.54, 1.807) is 12.1 Å². The summed E-state index contributed by atoms with van der Waals surface area (Å²) in [5, 5.41) is 19.1. The molecule has 0 atom stereocenters. The zero-order valence-electron chi connectivity index (χ0n) is 10.5. The highest BCUT2D eigenvalue weighted by molar-refractivity contribution is 7.80. The summed E-state index contributed by atoms with van der Waals surface area (Å²) in [7, 11) is 0. The maximum Gasteiger partial charge on any atom is 0.335 e. The highest BCUT2D eigenvalue weighted by Gasteiger charge is 2.15. The van der Waals surface area contributed by atoms with Crippen LogP contribution in [-0.2, 0) is 0 Å². The molecular formula is C12H14N4O2S2. The Morgan fingerprint density at radius 1 is 1.50 bits per heavy atom. The van der Waals surface area contributed by atoms with E-state index in [4.69, 9.17) is 29.5 Å². The van der Waals surface area contributed by atoms with Gasteiger partial charge in [0, 0.05) is 18.8 Å².